The van der Waals surface area contributed by atoms with Crippen LogP contribution in [-0.2, 0) is 21.4 Å². The highest BCUT2D eigenvalue weighted by Crippen LogP contribution is 2.14. The molecule has 1 amide bonds. The average molecular weight is 368 g/mol. The highest BCUT2D eigenvalue weighted by molar-refractivity contribution is 7.88. The number of hydrogen-bond donors (Lipinski definition) is 1. The van der Waals surface area contributed by atoms with Crippen LogP contribution in [0.3, 0.4) is 0 Å². The van der Waals surface area contributed by atoms with Crippen molar-refractivity contribution >= 4 is 21.6 Å². The second-order valence-electron chi connectivity index (χ2n) is 5.70. The highest BCUT2D eigenvalue weighted by atomic mass is 32.2. The molecule has 5 nitrogen and oxygen atoms in total. The first-order chi connectivity index (χ1) is 11.6. The number of anilines is 1. The van der Waals surface area contributed by atoms with Crippen molar-refractivity contribution < 1.29 is 22.0 Å². The summed E-state index contributed by atoms with van der Waals surface area (Å²) in [5, 5.41) is 2.36. The lowest BCUT2D eigenvalue weighted by Gasteiger charge is -2.20. The van der Waals surface area contributed by atoms with Crippen LogP contribution in [0.2, 0.25) is 0 Å². The summed E-state index contributed by atoms with van der Waals surface area (Å²) in [6.45, 7) is 1.47. The highest BCUT2D eigenvalue weighted by Gasteiger charge is 2.21. The van der Waals surface area contributed by atoms with E-state index >= 15 is 0 Å². The lowest BCUT2D eigenvalue weighted by atomic mass is 10.1. The summed E-state index contributed by atoms with van der Waals surface area (Å²) >= 11 is 0. The number of amides is 1. The molecule has 0 spiro atoms. The number of halogens is 2. The van der Waals surface area contributed by atoms with Gasteiger partial charge in [-0.25, -0.2) is 17.2 Å². The largest absolute Gasteiger partial charge is 0.325 e. The number of nitrogens with one attached hydrogen (secondary N) is 1. The lowest BCUT2D eigenvalue weighted by Crippen LogP contribution is -2.36. The van der Waals surface area contributed by atoms with Crippen LogP contribution in [-0.4, -0.2) is 31.4 Å². The Kier molecular flexibility index (Phi) is 5.86. The predicted molar refractivity (Wildman–Crippen MR) is 91.4 cm³/mol. The Labute approximate surface area is 145 Å². The average Bonchev–Trinajstić information content (AvgIpc) is 2.49. The molecule has 2 aromatic carbocycles. The summed E-state index contributed by atoms with van der Waals surface area (Å²) < 4.78 is 51.0. The van der Waals surface area contributed by atoms with Crippen LogP contribution in [0.5, 0.6) is 0 Å². The molecule has 25 heavy (non-hydrogen) atoms. The van der Waals surface area contributed by atoms with E-state index in [1.807, 2.05) is 19.1 Å². The predicted octanol–water partition coefficient (Wildman–Crippen LogP) is 2.67. The third kappa shape index (κ3) is 5.61. The van der Waals surface area contributed by atoms with E-state index in [2.05, 4.69) is 5.32 Å². The summed E-state index contributed by atoms with van der Waals surface area (Å²) in [4.78, 5) is 12.1. The van der Waals surface area contributed by atoms with E-state index in [9.17, 15) is 22.0 Å². The second kappa shape index (κ2) is 7.71. The fraction of sp³-hybridized carbons (Fsp3) is 0.235. The van der Waals surface area contributed by atoms with E-state index in [1.165, 1.54) is 6.07 Å². The molecule has 0 saturated carbocycles. The molecule has 0 radical (unpaired) electrons. The zero-order valence-corrected chi connectivity index (χ0v) is 14.6. The van der Waals surface area contributed by atoms with Gasteiger partial charge in [0.05, 0.1) is 12.8 Å². The van der Waals surface area contributed by atoms with Gasteiger partial charge in [0, 0.05) is 18.3 Å². The molecule has 0 aliphatic carbocycles. The number of carbonyl (C=O) groups excluding carboxylic acids is 1. The van der Waals surface area contributed by atoms with Crippen LogP contribution >= 0.6 is 0 Å². The van der Waals surface area contributed by atoms with Crippen molar-refractivity contribution in [3.8, 4) is 0 Å². The number of aryl methyl sites for hydroxylation is 1. The Morgan fingerprint density at radius 3 is 2.44 bits per heavy atom. The van der Waals surface area contributed by atoms with E-state index in [1.54, 1.807) is 12.1 Å². The van der Waals surface area contributed by atoms with Crippen LogP contribution < -0.4 is 5.32 Å². The van der Waals surface area contributed by atoms with Gasteiger partial charge in [-0.15, -0.1) is 0 Å². The normalized spacial score (nSPS) is 11.6. The Hall–Kier alpha value is -2.32. The quantitative estimate of drug-likeness (QED) is 0.853. The van der Waals surface area contributed by atoms with Gasteiger partial charge in [0.2, 0.25) is 15.9 Å². The van der Waals surface area contributed by atoms with E-state index < -0.39 is 34.1 Å². The molecule has 0 aliphatic heterocycles. The molecule has 0 heterocycles. The third-order valence-corrected chi connectivity index (χ3v) is 4.63. The number of carbonyl (C=O) groups is 1. The standard InChI is InChI=1S/C17H18F2N2O3S/c1-12-4-3-5-13(8-12)10-21(25(2,23)24)11-17(22)20-14-6-7-15(18)16(19)9-14/h3-9H,10-11H2,1-2H3,(H,20,22). The van der Waals surface area contributed by atoms with Gasteiger partial charge in [0.25, 0.3) is 0 Å². The van der Waals surface area contributed by atoms with Crippen molar-refractivity contribution in [3.05, 3.63) is 65.2 Å². The van der Waals surface area contributed by atoms with Crippen molar-refractivity contribution in [2.75, 3.05) is 18.1 Å². The SMILES string of the molecule is Cc1cccc(CN(CC(=O)Nc2ccc(F)c(F)c2)S(C)(=O)=O)c1. The Bertz CT molecular complexity index is 885. The van der Waals surface area contributed by atoms with Gasteiger partial charge >= 0.3 is 0 Å². The number of benzene rings is 2. The smallest absolute Gasteiger partial charge is 0.239 e. The van der Waals surface area contributed by atoms with Gasteiger partial charge in [0.15, 0.2) is 11.6 Å². The van der Waals surface area contributed by atoms with Crippen LogP contribution in [0.1, 0.15) is 11.1 Å². The minimum atomic E-state index is -3.64. The van der Waals surface area contributed by atoms with Gasteiger partial charge in [-0.1, -0.05) is 29.8 Å². The summed E-state index contributed by atoms with van der Waals surface area (Å²) in [7, 11) is -3.64. The maximum Gasteiger partial charge on any atom is 0.239 e. The van der Waals surface area contributed by atoms with Crippen molar-refractivity contribution in [3.63, 3.8) is 0 Å². The maximum atomic E-state index is 13.2. The van der Waals surface area contributed by atoms with Crippen LogP contribution in [0.15, 0.2) is 42.5 Å². The second-order valence-corrected chi connectivity index (χ2v) is 7.68. The first-order valence-electron chi connectivity index (χ1n) is 7.41. The Morgan fingerprint density at radius 1 is 1.12 bits per heavy atom. The first-order valence-corrected chi connectivity index (χ1v) is 9.25. The maximum absolute atomic E-state index is 13.2. The van der Waals surface area contributed by atoms with Crippen LogP contribution in [0, 0.1) is 18.6 Å². The molecule has 134 valence electrons. The minimum Gasteiger partial charge on any atom is -0.325 e. The summed E-state index contributed by atoms with van der Waals surface area (Å²) in [6, 6.07) is 10.2. The fourth-order valence-corrected chi connectivity index (χ4v) is 2.97. The summed E-state index contributed by atoms with van der Waals surface area (Å²) in [5.74, 6) is -2.78. The summed E-state index contributed by atoms with van der Waals surface area (Å²) in [6.07, 6.45) is 1.01. The molecular weight excluding hydrogens is 350 g/mol. The van der Waals surface area contributed by atoms with Crippen molar-refractivity contribution in [2.45, 2.75) is 13.5 Å². The van der Waals surface area contributed by atoms with Gasteiger partial charge in [0.1, 0.15) is 0 Å². The minimum absolute atomic E-state index is 0.0334. The molecule has 0 atom stereocenters. The Balaban J connectivity index is 2.11. The van der Waals surface area contributed by atoms with Crippen LogP contribution in [0.25, 0.3) is 0 Å². The zero-order valence-electron chi connectivity index (χ0n) is 13.8. The fourth-order valence-electron chi connectivity index (χ4n) is 2.24. The molecule has 0 saturated heterocycles. The van der Waals surface area contributed by atoms with Crippen molar-refractivity contribution in [2.24, 2.45) is 0 Å². The molecular formula is C17H18F2N2O3S. The van der Waals surface area contributed by atoms with Crippen molar-refractivity contribution in [1.29, 1.82) is 0 Å². The topological polar surface area (TPSA) is 66.5 Å². The molecule has 1 N–H and O–H groups in total. The van der Waals surface area contributed by atoms with E-state index in [0.717, 1.165) is 33.8 Å². The molecule has 0 aliphatic rings. The van der Waals surface area contributed by atoms with E-state index in [-0.39, 0.29) is 12.2 Å². The van der Waals surface area contributed by atoms with E-state index in [4.69, 9.17) is 0 Å². The van der Waals surface area contributed by atoms with Gasteiger partial charge < -0.3 is 5.32 Å². The molecule has 2 aromatic rings. The molecule has 0 bridgehead atoms. The van der Waals surface area contributed by atoms with Crippen LogP contribution in [0.4, 0.5) is 14.5 Å². The number of hydrogen-bond acceptors (Lipinski definition) is 3. The Morgan fingerprint density at radius 2 is 1.84 bits per heavy atom. The van der Waals surface area contributed by atoms with Gasteiger partial charge in [-0.05, 0) is 24.6 Å². The molecule has 0 aromatic heterocycles. The molecule has 0 fully saturated rings. The molecule has 2 rings (SSSR count). The van der Waals surface area contributed by atoms with Gasteiger partial charge in [-0.2, -0.15) is 4.31 Å². The molecule has 8 heteroatoms. The van der Waals surface area contributed by atoms with Crippen molar-refractivity contribution in [1.82, 2.24) is 4.31 Å². The lowest BCUT2D eigenvalue weighted by molar-refractivity contribution is -0.116. The number of rotatable bonds is 6. The van der Waals surface area contributed by atoms with E-state index in [0.29, 0.717) is 0 Å². The third-order valence-electron chi connectivity index (χ3n) is 3.43. The molecule has 0 unspecified atom stereocenters. The first kappa shape index (κ1) is 19.0. The zero-order chi connectivity index (χ0) is 18.6. The monoisotopic (exact) mass is 368 g/mol. The summed E-state index contributed by atoms with van der Waals surface area (Å²) in [5.41, 5.74) is 1.76. The number of sulfonamides is 1. The van der Waals surface area contributed by atoms with Gasteiger partial charge in [-0.3, -0.25) is 4.79 Å². The number of nitrogens with zero attached hydrogens (tertiary/aromatic N) is 1.